The highest BCUT2D eigenvalue weighted by Gasteiger charge is 2.15. The Hall–Kier alpha value is -0.810. The Kier molecular flexibility index (Phi) is 5.21. The van der Waals surface area contributed by atoms with E-state index in [1.54, 1.807) is 11.0 Å². The summed E-state index contributed by atoms with van der Waals surface area (Å²) in [6, 6.07) is 2.71. The number of carbonyl (C=O) groups is 1. The summed E-state index contributed by atoms with van der Waals surface area (Å²) in [7, 11) is 0. The number of rotatable bonds is 3. The van der Waals surface area contributed by atoms with Crippen molar-refractivity contribution in [3.05, 3.63) is 27.4 Å². The highest BCUT2D eigenvalue weighted by atomic mass is 79.9. The third-order valence-corrected chi connectivity index (χ3v) is 3.59. The first-order valence-electron chi connectivity index (χ1n) is 5.20. The van der Waals surface area contributed by atoms with Crippen molar-refractivity contribution in [1.29, 1.82) is 0 Å². The molecule has 0 radical (unpaired) electrons. The van der Waals surface area contributed by atoms with Crippen LogP contribution in [0, 0.1) is 5.82 Å². The molecule has 1 N–H and O–H groups in total. The van der Waals surface area contributed by atoms with Gasteiger partial charge in [-0.1, -0.05) is 11.6 Å². The zero-order valence-electron chi connectivity index (χ0n) is 9.56. The number of nitrogens with one attached hydrogen (secondary N) is 1. The summed E-state index contributed by atoms with van der Waals surface area (Å²) in [4.78, 5) is 13.3. The minimum atomic E-state index is -0.637. The molecule has 3 nitrogen and oxygen atoms in total. The summed E-state index contributed by atoms with van der Waals surface area (Å²) in [6.45, 7) is 4.84. The number of nitrogens with zero attached hydrogens (tertiary/aromatic N) is 1. The molecule has 0 aromatic heterocycles. The van der Waals surface area contributed by atoms with Gasteiger partial charge in [-0.2, -0.15) is 0 Å². The van der Waals surface area contributed by atoms with Gasteiger partial charge >= 0.3 is 6.03 Å². The molecule has 0 heterocycles. The van der Waals surface area contributed by atoms with Crippen molar-refractivity contribution in [2.45, 2.75) is 13.8 Å². The van der Waals surface area contributed by atoms with Crippen molar-refractivity contribution >= 4 is 39.2 Å². The first-order valence-corrected chi connectivity index (χ1v) is 6.37. The minimum absolute atomic E-state index is 0.0395. The zero-order valence-corrected chi connectivity index (χ0v) is 11.9. The van der Waals surface area contributed by atoms with E-state index < -0.39 is 5.82 Å². The monoisotopic (exact) mass is 322 g/mol. The normalized spacial score (nSPS) is 10.2. The van der Waals surface area contributed by atoms with E-state index in [-0.39, 0.29) is 16.7 Å². The fraction of sp³-hybridized carbons (Fsp3) is 0.364. The van der Waals surface area contributed by atoms with Crippen molar-refractivity contribution < 1.29 is 9.18 Å². The molecule has 0 saturated carbocycles. The van der Waals surface area contributed by atoms with Crippen LogP contribution in [-0.4, -0.2) is 24.0 Å². The molecule has 1 rings (SSSR count). The number of hydrogen-bond donors (Lipinski definition) is 1. The van der Waals surface area contributed by atoms with Crippen LogP contribution in [0.15, 0.2) is 16.6 Å². The van der Waals surface area contributed by atoms with Crippen LogP contribution in [0.4, 0.5) is 14.9 Å². The topological polar surface area (TPSA) is 32.3 Å². The van der Waals surface area contributed by atoms with Crippen molar-refractivity contribution in [2.75, 3.05) is 18.4 Å². The van der Waals surface area contributed by atoms with Crippen LogP contribution in [0.3, 0.4) is 0 Å². The highest BCUT2D eigenvalue weighted by Crippen LogP contribution is 2.30. The van der Waals surface area contributed by atoms with E-state index in [1.165, 1.54) is 6.07 Å². The summed E-state index contributed by atoms with van der Waals surface area (Å²) in [5.74, 6) is -0.637. The molecule has 0 fully saturated rings. The molecule has 0 aliphatic rings. The minimum Gasteiger partial charge on any atom is -0.325 e. The van der Waals surface area contributed by atoms with Gasteiger partial charge in [-0.25, -0.2) is 9.18 Å². The molecule has 0 saturated heterocycles. The number of benzene rings is 1. The van der Waals surface area contributed by atoms with Crippen LogP contribution in [0.25, 0.3) is 0 Å². The Morgan fingerprint density at radius 3 is 2.59 bits per heavy atom. The molecule has 0 aliphatic carbocycles. The van der Waals surface area contributed by atoms with Gasteiger partial charge in [-0.15, -0.1) is 0 Å². The Bertz CT molecular complexity index is 424. The fourth-order valence-electron chi connectivity index (χ4n) is 1.33. The van der Waals surface area contributed by atoms with Gasteiger partial charge < -0.3 is 10.2 Å². The van der Waals surface area contributed by atoms with Crippen molar-refractivity contribution in [1.82, 2.24) is 4.90 Å². The first-order chi connectivity index (χ1) is 8.01. The standard InChI is InChI=1S/C11H13BrClFN2O/c1-3-16(4-2)11(17)15-8-6-5-7(12)9(13)10(8)14/h5-6H,3-4H2,1-2H3,(H,15,17). The molecule has 2 amide bonds. The van der Waals surface area contributed by atoms with Crippen LogP contribution in [0.2, 0.25) is 5.02 Å². The van der Waals surface area contributed by atoms with Crippen LogP contribution in [0.1, 0.15) is 13.8 Å². The van der Waals surface area contributed by atoms with E-state index in [0.717, 1.165) is 0 Å². The second kappa shape index (κ2) is 6.21. The van der Waals surface area contributed by atoms with Gasteiger partial charge in [0.15, 0.2) is 5.82 Å². The summed E-state index contributed by atoms with van der Waals surface area (Å²) in [6.07, 6.45) is 0. The number of carbonyl (C=O) groups excluding carboxylic acids is 1. The molecule has 0 unspecified atom stereocenters. The molecule has 94 valence electrons. The van der Waals surface area contributed by atoms with Gasteiger partial charge in [0.25, 0.3) is 0 Å². The van der Waals surface area contributed by atoms with Crippen LogP contribution < -0.4 is 5.32 Å². The third-order valence-electron chi connectivity index (χ3n) is 2.33. The van der Waals surface area contributed by atoms with Gasteiger partial charge in [0.2, 0.25) is 0 Å². The molecule has 1 aromatic carbocycles. The number of anilines is 1. The van der Waals surface area contributed by atoms with Crippen molar-refractivity contribution in [2.24, 2.45) is 0 Å². The predicted molar refractivity (Wildman–Crippen MR) is 71.0 cm³/mol. The lowest BCUT2D eigenvalue weighted by Crippen LogP contribution is -2.34. The predicted octanol–water partition coefficient (Wildman–Crippen LogP) is 4.12. The molecule has 0 bridgehead atoms. The SMILES string of the molecule is CCN(CC)C(=O)Nc1ccc(Br)c(Cl)c1F. The van der Waals surface area contributed by atoms with E-state index in [2.05, 4.69) is 21.2 Å². The second-order valence-corrected chi connectivity index (χ2v) is 4.56. The summed E-state index contributed by atoms with van der Waals surface area (Å²) < 4.78 is 14.2. The molecule has 17 heavy (non-hydrogen) atoms. The molecule has 1 aromatic rings. The maximum atomic E-state index is 13.7. The van der Waals surface area contributed by atoms with Crippen molar-refractivity contribution in [3.8, 4) is 0 Å². The largest absolute Gasteiger partial charge is 0.325 e. The summed E-state index contributed by atoms with van der Waals surface area (Å²) >= 11 is 8.83. The van der Waals surface area contributed by atoms with E-state index in [9.17, 15) is 9.18 Å². The van der Waals surface area contributed by atoms with Gasteiger partial charge in [0.1, 0.15) is 0 Å². The van der Waals surface area contributed by atoms with E-state index in [1.807, 2.05) is 13.8 Å². The molecule has 0 aliphatic heterocycles. The first kappa shape index (κ1) is 14.3. The maximum Gasteiger partial charge on any atom is 0.321 e. The summed E-state index contributed by atoms with van der Waals surface area (Å²) in [5.41, 5.74) is 0.0788. The van der Waals surface area contributed by atoms with Gasteiger partial charge in [-0.05, 0) is 41.9 Å². The molecule has 6 heteroatoms. The highest BCUT2D eigenvalue weighted by molar-refractivity contribution is 9.10. The Labute approximate surface area is 113 Å². The second-order valence-electron chi connectivity index (χ2n) is 3.33. The van der Waals surface area contributed by atoms with E-state index in [4.69, 9.17) is 11.6 Å². The van der Waals surface area contributed by atoms with Gasteiger partial charge in [0, 0.05) is 17.6 Å². The molecular weight excluding hydrogens is 310 g/mol. The Morgan fingerprint density at radius 1 is 1.47 bits per heavy atom. The van der Waals surface area contributed by atoms with Gasteiger partial charge in [-0.3, -0.25) is 0 Å². The maximum absolute atomic E-state index is 13.7. The zero-order chi connectivity index (χ0) is 13.0. The number of hydrogen-bond acceptors (Lipinski definition) is 1. The molecule has 0 spiro atoms. The van der Waals surface area contributed by atoms with Crippen LogP contribution in [0.5, 0.6) is 0 Å². The van der Waals surface area contributed by atoms with Crippen molar-refractivity contribution in [3.63, 3.8) is 0 Å². The Morgan fingerprint density at radius 2 is 2.06 bits per heavy atom. The van der Waals surface area contributed by atoms with Gasteiger partial charge in [0.05, 0.1) is 10.7 Å². The molecule has 0 atom stereocenters. The van der Waals surface area contributed by atoms with E-state index in [0.29, 0.717) is 17.6 Å². The fourth-order valence-corrected chi connectivity index (χ4v) is 1.80. The third kappa shape index (κ3) is 3.33. The van der Waals surface area contributed by atoms with Crippen LogP contribution >= 0.6 is 27.5 Å². The average Bonchev–Trinajstić information content (AvgIpc) is 2.31. The quantitative estimate of drug-likeness (QED) is 0.834. The number of amides is 2. The van der Waals surface area contributed by atoms with E-state index >= 15 is 0 Å². The summed E-state index contributed by atoms with van der Waals surface area (Å²) in [5, 5.41) is 2.45. The lowest BCUT2D eigenvalue weighted by atomic mass is 10.3. The average molecular weight is 324 g/mol. The lowest BCUT2D eigenvalue weighted by Gasteiger charge is -2.19. The smallest absolute Gasteiger partial charge is 0.321 e. The lowest BCUT2D eigenvalue weighted by molar-refractivity contribution is 0.217. The Balaban J connectivity index is 2.89. The molecular formula is C11H13BrClFN2O. The van der Waals surface area contributed by atoms with Crippen LogP contribution in [-0.2, 0) is 0 Å². The number of urea groups is 1. The number of halogens is 3.